The highest BCUT2D eigenvalue weighted by molar-refractivity contribution is 5.74. The molecule has 0 saturated carbocycles. The van der Waals surface area contributed by atoms with Crippen LogP contribution < -0.4 is 5.73 Å². The van der Waals surface area contributed by atoms with Gasteiger partial charge in [0.15, 0.2) is 5.65 Å². The van der Waals surface area contributed by atoms with Crippen LogP contribution in [0.25, 0.3) is 11.2 Å². The van der Waals surface area contributed by atoms with Crippen molar-refractivity contribution in [1.82, 2.24) is 14.5 Å². The number of ether oxygens (including phenoxy) is 1. The Hall–Kier alpha value is -1.62. The van der Waals surface area contributed by atoms with Gasteiger partial charge in [0.2, 0.25) is 5.95 Å². The number of nitrogens with two attached hydrogens (primary N) is 1. The standard InChI is InChI=1S/C12H16N4O/c1-8-6-10-11(14-7-8)16(12(13)15-10)9-2-4-17-5-3-9/h6-7,9H,2-5H2,1H3,(H2,13,15). The molecule has 1 fully saturated rings. The summed E-state index contributed by atoms with van der Waals surface area (Å²) >= 11 is 0. The first-order valence-electron chi connectivity index (χ1n) is 5.93. The lowest BCUT2D eigenvalue weighted by Crippen LogP contribution is -2.21. The lowest BCUT2D eigenvalue weighted by molar-refractivity contribution is 0.0710. The average Bonchev–Trinajstić information content (AvgIpc) is 2.65. The predicted molar refractivity (Wildman–Crippen MR) is 65.8 cm³/mol. The molecule has 1 aliphatic rings. The highest BCUT2D eigenvalue weighted by Gasteiger charge is 2.21. The molecule has 5 heteroatoms. The van der Waals surface area contributed by atoms with Crippen LogP contribution in [0.5, 0.6) is 0 Å². The van der Waals surface area contributed by atoms with E-state index in [-0.39, 0.29) is 0 Å². The number of fused-ring (bicyclic) bond motifs is 1. The summed E-state index contributed by atoms with van der Waals surface area (Å²) in [6.07, 6.45) is 3.82. The van der Waals surface area contributed by atoms with Gasteiger partial charge in [-0.2, -0.15) is 0 Å². The molecular formula is C12H16N4O. The zero-order chi connectivity index (χ0) is 11.8. The van der Waals surface area contributed by atoms with Gasteiger partial charge in [-0.05, 0) is 31.4 Å². The Labute approximate surface area is 99.6 Å². The van der Waals surface area contributed by atoms with E-state index in [0.29, 0.717) is 12.0 Å². The number of anilines is 1. The van der Waals surface area contributed by atoms with Crippen LogP contribution in [0.3, 0.4) is 0 Å². The van der Waals surface area contributed by atoms with E-state index < -0.39 is 0 Å². The smallest absolute Gasteiger partial charge is 0.202 e. The summed E-state index contributed by atoms with van der Waals surface area (Å²) < 4.78 is 7.43. The third-order valence-electron chi connectivity index (χ3n) is 3.25. The summed E-state index contributed by atoms with van der Waals surface area (Å²) in [5.41, 5.74) is 8.88. The van der Waals surface area contributed by atoms with Crippen molar-refractivity contribution in [3.05, 3.63) is 17.8 Å². The number of aromatic nitrogens is 3. The third kappa shape index (κ3) is 1.76. The van der Waals surface area contributed by atoms with E-state index in [2.05, 4.69) is 14.5 Å². The number of nitrogens with zero attached hydrogens (tertiary/aromatic N) is 3. The molecule has 2 aromatic heterocycles. The van der Waals surface area contributed by atoms with Crippen LogP contribution in [0, 0.1) is 6.92 Å². The van der Waals surface area contributed by atoms with E-state index in [0.717, 1.165) is 42.8 Å². The summed E-state index contributed by atoms with van der Waals surface area (Å²) in [5, 5.41) is 0. The molecule has 0 spiro atoms. The molecule has 0 atom stereocenters. The summed E-state index contributed by atoms with van der Waals surface area (Å²) in [6, 6.07) is 2.39. The third-order valence-corrected chi connectivity index (χ3v) is 3.25. The number of pyridine rings is 1. The van der Waals surface area contributed by atoms with E-state index in [4.69, 9.17) is 10.5 Å². The second-order valence-corrected chi connectivity index (χ2v) is 4.54. The Morgan fingerprint density at radius 3 is 2.94 bits per heavy atom. The molecule has 3 heterocycles. The second-order valence-electron chi connectivity index (χ2n) is 4.54. The van der Waals surface area contributed by atoms with E-state index in [1.807, 2.05) is 19.2 Å². The van der Waals surface area contributed by atoms with Crippen molar-refractivity contribution in [3.63, 3.8) is 0 Å². The Morgan fingerprint density at radius 2 is 2.18 bits per heavy atom. The normalized spacial score (nSPS) is 17.7. The highest BCUT2D eigenvalue weighted by atomic mass is 16.5. The number of hydrogen-bond donors (Lipinski definition) is 1. The van der Waals surface area contributed by atoms with Crippen LogP contribution in [0.15, 0.2) is 12.3 Å². The molecular weight excluding hydrogens is 216 g/mol. The van der Waals surface area contributed by atoms with Gasteiger partial charge in [-0.1, -0.05) is 0 Å². The van der Waals surface area contributed by atoms with E-state index in [1.165, 1.54) is 0 Å². The fourth-order valence-corrected chi connectivity index (χ4v) is 2.40. The van der Waals surface area contributed by atoms with Crippen molar-refractivity contribution >= 4 is 17.1 Å². The van der Waals surface area contributed by atoms with Crippen molar-refractivity contribution < 1.29 is 4.74 Å². The molecule has 90 valence electrons. The molecule has 0 amide bonds. The second kappa shape index (κ2) is 4.00. The van der Waals surface area contributed by atoms with E-state index in [1.54, 1.807) is 0 Å². The van der Waals surface area contributed by atoms with Crippen molar-refractivity contribution in [2.75, 3.05) is 18.9 Å². The van der Waals surface area contributed by atoms with E-state index in [9.17, 15) is 0 Å². The van der Waals surface area contributed by atoms with Crippen molar-refractivity contribution in [2.24, 2.45) is 0 Å². The van der Waals surface area contributed by atoms with Gasteiger partial charge in [0.1, 0.15) is 5.52 Å². The maximum absolute atomic E-state index is 6.01. The summed E-state index contributed by atoms with van der Waals surface area (Å²) in [4.78, 5) is 8.84. The minimum atomic E-state index is 0.365. The zero-order valence-electron chi connectivity index (χ0n) is 9.89. The van der Waals surface area contributed by atoms with Gasteiger partial charge in [-0.15, -0.1) is 0 Å². The summed E-state index contributed by atoms with van der Waals surface area (Å²) in [7, 11) is 0. The van der Waals surface area contributed by atoms with Crippen LogP contribution in [-0.2, 0) is 4.74 Å². The molecule has 0 aliphatic carbocycles. The first-order chi connectivity index (χ1) is 8.25. The quantitative estimate of drug-likeness (QED) is 0.812. The van der Waals surface area contributed by atoms with Gasteiger partial charge in [-0.25, -0.2) is 9.97 Å². The van der Waals surface area contributed by atoms with Crippen molar-refractivity contribution in [2.45, 2.75) is 25.8 Å². The Morgan fingerprint density at radius 1 is 1.41 bits per heavy atom. The number of aryl methyl sites for hydroxylation is 1. The molecule has 0 aromatic carbocycles. The molecule has 1 aliphatic heterocycles. The minimum absolute atomic E-state index is 0.365. The van der Waals surface area contributed by atoms with Crippen LogP contribution in [0.2, 0.25) is 0 Å². The summed E-state index contributed by atoms with van der Waals surface area (Å²) in [6.45, 7) is 3.58. The fraction of sp³-hybridized carbons (Fsp3) is 0.500. The molecule has 5 nitrogen and oxygen atoms in total. The molecule has 0 unspecified atom stereocenters. The van der Waals surface area contributed by atoms with Crippen LogP contribution in [0.1, 0.15) is 24.4 Å². The first kappa shape index (κ1) is 10.5. The molecule has 0 radical (unpaired) electrons. The SMILES string of the molecule is Cc1cnc2c(c1)nc(N)n2C1CCOCC1. The minimum Gasteiger partial charge on any atom is -0.381 e. The number of hydrogen-bond acceptors (Lipinski definition) is 4. The fourth-order valence-electron chi connectivity index (χ4n) is 2.40. The van der Waals surface area contributed by atoms with Gasteiger partial charge in [0, 0.05) is 25.5 Å². The molecule has 17 heavy (non-hydrogen) atoms. The van der Waals surface area contributed by atoms with E-state index >= 15 is 0 Å². The number of nitrogen functional groups attached to an aromatic ring is 1. The predicted octanol–water partition coefficient (Wildman–Crippen LogP) is 1.67. The highest BCUT2D eigenvalue weighted by Crippen LogP contribution is 2.28. The van der Waals surface area contributed by atoms with Gasteiger partial charge in [0.25, 0.3) is 0 Å². The average molecular weight is 232 g/mol. The van der Waals surface area contributed by atoms with Gasteiger partial charge in [-0.3, -0.25) is 4.57 Å². The maximum atomic E-state index is 6.01. The first-order valence-corrected chi connectivity index (χ1v) is 5.93. The number of imidazole rings is 1. The van der Waals surface area contributed by atoms with Crippen LogP contribution >= 0.6 is 0 Å². The number of rotatable bonds is 1. The topological polar surface area (TPSA) is 66.0 Å². The largest absolute Gasteiger partial charge is 0.381 e. The molecule has 3 rings (SSSR count). The van der Waals surface area contributed by atoms with Crippen LogP contribution in [-0.4, -0.2) is 27.7 Å². The van der Waals surface area contributed by atoms with Gasteiger partial charge >= 0.3 is 0 Å². The monoisotopic (exact) mass is 232 g/mol. The van der Waals surface area contributed by atoms with Crippen molar-refractivity contribution in [3.8, 4) is 0 Å². The lowest BCUT2D eigenvalue weighted by Gasteiger charge is -2.24. The molecule has 2 aromatic rings. The Kier molecular flexibility index (Phi) is 2.48. The maximum Gasteiger partial charge on any atom is 0.202 e. The zero-order valence-corrected chi connectivity index (χ0v) is 9.89. The molecule has 2 N–H and O–H groups in total. The Bertz CT molecular complexity index is 543. The lowest BCUT2D eigenvalue weighted by atomic mass is 10.1. The van der Waals surface area contributed by atoms with Gasteiger partial charge in [0.05, 0.1) is 0 Å². The van der Waals surface area contributed by atoms with Crippen molar-refractivity contribution in [1.29, 1.82) is 0 Å². The van der Waals surface area contributed by atoms with Crippen LogP contribution in [0.4, 0.5) is 5.95 Å². The summed E-state index contributed by atoms with van der Waals surface area (Å²) in [5.74, 6) is 0.560. The molecule has 0 bridgehead atoms. The Balaban J connectivity index is 2.11. The van der Waals surface area contributed by atoms with Gasteiger partial charge < -0.3 is 10.5 Å². The molecule has 1 saturated heterocycles.